The van der Waals surface area contributed by atoms with Crippen LogP contribution in [0, 0.1) is 17.8 Å². The van der Waals surface area contributed by atoms with Crippen LogP contribution in [0.5, 0.6) is 0 Å². The maximum atomic E-state index is 5.70. The van der Waals surface area contributed by atoms with Gasteiger partial charge in [-0.15, -0.1) is 0 Å². The van der Waals surface area contributed by atoms with E-state index in [1.54, 1.807) is 12.4 Å². The summed E-state index contributed by atoms with van der Waals surface area (Å²) in [5, 5.41) is 3.43. The number of rotatable bonds is 6. The lowest BCUT2D eigenvalue weighted by atomic mass is 9.85. The summed E-state index contributed by atoms with van der Waals surface area (Å²) < 4.78 is 0. The Kier molecular flexibility index (Phi) is 5.54. The normalized spacial score (nSPS) is 11.3. The minimum absolute atomic E-state index is 0.408. The number of nitrogens with one attached hydrogen (secondary N) is 1. The molecule has 1 aromatic heterocycles. The van der Waals surface area contributed by atoms with Gasteiger partial charge in [-0.3, -0.25) is 4.98 Å². The van der Waals surface area contributed by atoms with Crippen LogP contribution in [0.2, 0.25) is 0 Å². The van der Waals surface area contributed by atoms with Crippen LogP contribution in [0.3, 0.4) is 0 Å². The molecule has 0 bridgehead atoms. The molecule has 3 nitrogen and oxygen atoms in total. The van der Waals surface area contributed by atoms with Crippen LogP contribution in [0.4, 0.5) is 5.69 Å². The van der Waals surface area contributed by atoms with Crippen LogP contribution in [0.15, 0.2) is 18.5 Å². The number of hydrogen-bond acceptors (Lipinski definition) is 3. The first kappa shape index (κ1) is 14.9. The van der Waals surface area contributed by atoms with E-state index in [4.69, 9.17) is 18.0 Å². The average molecular weight is 265 g/mol. The topological polar surface area (TPSA) is 50.9 Å². The molecule has 0 aliphatic heterocycles. The van der Waals surface area contributed by atoms with E-state index in [0.717, 1.165) is 17.8 Å². The number of pyridine rings is 1. The van der Waals surface area contributed by atoms with Crippen molar-refractivity contribution in [3.63, 3.8) is 0 Å². The van der Waals surface area contributed by atoms with Gasteiger partial charge in [0.25, 0.3) is 0 Å². The second-order valence-electron chi connectivity index (χ2n) is 5.32. The SMILES string of the molecule is CC(C)C(CNc1cnccc1C(N)=S)C(C)C. The Bertz CT molecular complexity index is 394. The highest BCUT2D eigenvalue weighted by Crippen LogP contribution is 2.22. The molecule has 1 heterocycles. The van der Waals surface area contributed by atoms with E-state index in [9.17, 15) is 0 Å². The summed E-state index contributed by atoms with van der Waals surface area (Å²) in [6, 6.07) is 1.85. The largest absolute Gasteiger partial charge is 0.389 e. The zero-order chi connectivity index (χ0) is 13.7. The predicted octanol–water partition coefficient (Wildman–Crippen LogP) is 3.06. The van der Waals surface area contributed by atoms with Crippen LogP contribution in [-0.4, -0.2) is 16.5 Å². The highest BCUT2D eigenvalue weighted by molar-refractivity contribution is 7.80. The molecule has 1 aromatic rings. The molecule has 100 valence electrons. The van der Waals surface area contributed by atoms with Crippen molar-refractivity contribution in [2.24, 2.45) is 23.5 Å². The molecule has 3 N–H and O–H groups in total. The van der Waals surface area contributed by atoms with Gasteiger partial charge in [-0.05, 0) is 23.8 Å². The summed E-state index contributed by atoms with van der Waals surface area (Å²) in [5.74, 6) is 1.90. The molecule has 0 aliphatic carbocycles. The number of aromatic nitrogens is 1. The summed E-state index contributed by atoms with van der Waals surface area (Å²) in [4.78, 5) is 4.53. The Morgan fingerprint density at radius 2 is 1.94 bits per heavy atom. The Morgan fingerprint density at radius 1 is 1.33 bits per heavy atom. The second-order valence-corrected chi connectivity index (χ2v) is 5.76. The van der Waals surface area contributed by atoms with Gasteiger partial charge in [-0.25, -0.2) is 0 Å². The van der Waals surface area contributed by atoms with Gasteiger partial charge < -0.3 is 11.1 Å². The van der Waals surface area contributed by atoms with Crippen LogP contribution in [-0.2, 0) is 0 Å². The van der Waals surface area contributed by atoms with Gasteiger partial charge in [0.15, 0.2) is 0 Å². The monoisotopic (exact) mass is 265 g/mol. The standard InChI is InChI=1S/C14H23N3S/c1-9(2)12(10(3)4)7-17-13-8-16-6-5-11(13)14(15)18/h5-6,8-10,12,17H,7H2,1-4H3,(H2,15,18). The average Bonchev–Trinajstić information content (AvgIpc) is 2.28. The van der Waals surface area contributed by atoms with Gasteiger partial charge in [0, 0.05) is 18.3 Å². The van der Waals surface area contributed by atoms with E-state index < -0.39 is 0 Å². The summed E-state index contributed by atoms with van der Waals surface area (Å²) >= 11 is 5.04. The summed E-state index contributed by atoms with van der Waals surface area (Å²) in [7, 11) is 0. The van der Waals surface area contributed by atoms with Crippen molar-refractivity contribution in [2.75, 3.05) is 11.9 Å². The maximum absolute atomic E-state index is 5.70. The number of anilines is 1. The first-order valence-electron chi connectivity index (χ1n) is 6.41. The van der Waals surface area contributed by atoms with E-state index in [2.05, 4.69) is 38.0 Å². The molecule has 0 unspecified atom stereocenters. The fourth-order valence-electron chi connectivity index (χ4n) is 2.22. The van der Waals surface area contributed by atoms with Crippen molar-refractivity contribution in [2.45, 2.75) is 27.7 Å². The van der Waals surface area contributed by atoms with Crippen molar-refractivity contribution in [1.29, 1.82) is 0 Å². The molecule has 0 spiro atoms. The molecule has 1 rings (SSSR count). The Labute approximate surface area is 115 Å². The number of nitrogens with two attached hydrogens (primary N) is 1. The zero-order valence-corrected chi connectivity index (χ0v) is 12.4. The van der Waals surface area contributed by atoms with E-state index >= 15 is 0 Å². The molecule has 0 fully saturated rings. The number of hydrogen-bond donors (Lipinski definition) is 2. The van der Waals surface area contributed by atoms with Crippen molar-refractivity contribution in [3.05, 3.63) is 24.0 Å². The van der Waals surface area contributed by atoms with Gasteiger partial charge in [0.2, 0.25) is 0 Å². The molecule has 0 amide bonds. The van der Waals surface area contributed by atoms with E-state index in [1.807, 2.05) is 6.07 Å². The lowest BCUT2D eigenvalue weighted by Gasteiger charge is -2.26. The Balaban J connectivity index is 2.76. The Morgan fingerprint density at radius 3 is 2.44 bits per heavy atom. The molecule has 18 heavy (non-hydrogen) atoms. The molecular weight excluding hydrogens is 242 g/mol. The molecule has 0 radical (unpaired) electrons. The number of nitrogens with zero attached hydrogens (tertiary/aromatic N) is 1. The molecule has 4 heteroatoms. The van der Waals surface area contributed by atoms with E-state index in [0.29, 0.717) is 22.7 Å². The highest BCUT2D eigenvalue weighted by Gasteiger charge is 2.17. The van der Waals surface area contributed by atoms with Crippen molar-refractivity contribution < 1.29 is 0 Å². The van der Waals surface area contributed by atoms with Crippen molar-refractivity contribution in [3.8, 4) is 0 Å². The summed E-state index contributed by atoms with van der Waals surface area (Å²) in [5.41, 5.74) is 7.50. The van der Waals surface area contributed by atoms with Crippen molar-refractivity contribution >= 4 is 22.9 Å². The highest BCUT2D eigenvalue weighted by atomic mass is 32.1. The fourth-order valence-corrected chi connectivity index (χ4v) is 2.40. The molecule has 0 saturated carbocycles. The molecule has 0 atom stereocenters. The van der Waals surface area contributed by atoms with Gasteiger partial charge in [-0.1, -0.05) is 39.9 Å². The molecular formula is C14H23N3S. The zero-order valence-electron chi connectivity index (χ0n) is 11.6. The second kappa shape index (κ2) is 6.69. The maximum Gasteiger partial charge on any atom is 0.106 e. The van der Waals surface area contributed by atoms with Gasteiger partial charge >= 0.3 is 0 Å². The van der Waals surface area contributed by atoms with Gasteiger partial charge in [-0.2, -0.15) is 0 Å². The summed E-state index contributed by atoms with van der Waals surface area (Å²) in [6.07, 6.45) is 3.49. The third kappa shape index (κ3) is 3.95. The van der Waals surface area contributed by atoms with Gasteiger partial charge in [0.05, 0.1) is 11.9 Å². The third-order valence-corrected chi connectivity index (χ3v) is 3.55. The quantitative estimate of drug-likeness (QED) is 0.776. The van der Waals surface area contributed by atoms with E-state index in [1.165, 1.54) is 0 Å². The Hall–Kier alpha value is -1.16. The fraction of sp³-hybridized carbons (Fsp3) is 0.571. The van der Waals surface area contributed by atoms with Crippen LogP contribution in [0.1, 0.15) is 33.3 Å². The molecule has 0 aliphatic rings. The predicted molar refractivity (Wildman–Crippen MR) is 81.8 cm³/mol. The first-order chi connectivity index (χ1) is 8.43. The lowest BCUT2D eigenvalue weighted by Crippen LogP contribution is -2.25. The van der Waals surface area contributed by atoms with Crippen LogP contribution < -0.4 is 11.1 Å². The first-order valence-corrected chi connectivity index (χ1v) is 6.82. The summed E-state index contributed by atoms with van der Waals surface area (Å²) in [6.45, 7) is 9.93. The van der Waals surface area contributed by atoms with E-state index in [-0.39, 0.29) is 0 Å². The molecule has 0 aromatic carbocycles. The van der Waals surface area contributed by atoms with Crippen molar-refractivity contribution in [1.82, 2.24) is 4.98 Å². The minimum Gasteiger partial charge on any atom is -0.389 e. The van der Waals surface area contributed by atoms with Gasteiger partial charge in [0.1, 0.15) is 4.99 Å². The number of thiocarbonyl (C=S) groups is 1. The molecule has 0 saturated heterocycles. The third-order valence-electron chi connectivity index (χ3n) is 3.33. The minimum atomic E-state index is 0.408. The van der Waals surface area contributed by atoms with Crippen LogP contribution >= 0.6 is 12.2 Å². The van der Waals surface area contributed by atoms with Crippen LogP contribution in [0.25, 0.3) is 0 Å². The smallest absolute Gasteiger partial charge is 0.106 e. The lowest BCUT2D eigenvalue weighted by molar-refractivity contribution is 0.304.